The lowest BCUT2D eigenvalue weighted by Gasteiger charge is -2.38. The molecular formula is C23H22N6O4. The molecule has 0 atom stereocenters. The quantitative estimate of drug-likeness (QED) is 0.481. The van der Waals surface area contributed by atoms with Crippen LogP contribution in [-0.4, -0.2) is 58.9 Å². The topological polar surface area (TPSA) is 126 Å². The summed E-state index contributed by atoms with van der Waals surface area (Å²) in [6, 6.07) is 12.2. The van der Waals surface area contributed by atoms with Gasteiger partial charge in [0, 0.05) is 25.4 Å². The van der Waals surface area contributed by atoms with Crippen LogP contribution in [0.3, 0.4) is 0 Å². The first-order chi connectivity index (χ1) is 15.9. The van der Waals surface area contributed by atoms with E-state index in [2.05, 4.69) is 15.1 Å². The lowest BCUT2D eigenvalue weighted by Crippen LogP contribution is -2.49. The largest absolute Gasteiger partial charge is 0.388 e. The molecule has 1 aliphatic heterocycles. The van der Waals surface area contributed by atoms with Crippen molar-refractivity contribution in [2.75, 3.05) is 13.1 Å². The van der Waals surface area contributed by atoms with Gasteiger partial charge in [-0.15, -0.1) is 0 Å². The minimum absolute atomic E-state index is 0.0754. The molecule has 2 N–H and O–H groups in total. The Morgan fingerprint density at radius 2 is 1.85 bits per heavy atom. The normalized spacial score (nSPS) is 15.6. The number of amides is 1. The standard InChI is InChI=1S/C23H22N6O4/c30-19-7-6-16(12-24-19)21(31)27-10-8-23(33,9-11-27)14-28-15-25-20-18(22(28)32)13-26-29(20)17-4-2-1-3-5-17/h1-7,12-13,15,33H,8-11,14H2,(H,24,30). The summed E-state index contributed by atoms with van der Waals surface area (Å²) in [6.45, 7) is 0.752. The van der Waals surface area contributed by atoms with Gasteiger partial charge < -0.3 is 15.0 Å². The molecule has 0 spiro atoms. The molecule has 0 aliphatic carbocycles. The number of likely N-dealkylation sites (tertiary alicyclic amines) is 1. The molecule has 1 fully saturated rings. The second kappa shape index (κ2) is 8.14. The van der Waals surface area contributed by atoms with E-state index in [4.69, 9.17) is 0 Å². The van der Waals surface area contributed by atoms with Crippen molar-refractivity contribution in [1.29, 1.82) is 0 Å². The number of pyridine rings is 1. The number of nitrogens with one attached hydrogen (secondary N) is 1. The third kappa shape index (κ3) is 3.96. The van der Waals surface area contributed by atoms with E-state index in [9.17, 15) is 19.5 Å². The predicted octanol–water partition coefficient (Wildman–Crippen LogP) is 0.938. The zero-order valence-corrected chi connectivity index (χ0v) is 17.7. The van der Waals surface area contributed by atoms with E-state index in [-0.39, 0.29) is 23.6 Å². The van der Waals surface area contributed by atoms with E-state index in [1.54, 1.807) is 9.58 Å². The van der Waals surface area contributed by atoms with Crippen LogP contribution >= 0.6 is 0 Å². The van der Waals surface area contributed by atoms with Crippen LogP contribution in [0.5, 0.6) is 0 Å². The Labute approximate surface area is 187 Å². The number of benzene rings is 1. The summed E-state index contributed by atoms with van der Waals surface area (Å²) < 4.78 is 3.01. The molecule has 0 unspecified atom stereocenters. The Morgan fingerprint density at radius 1 is 1.09 bits per heavy atom. The highest BCUT2D eigenvalue weighted by Crippen LogP contribution is 2.25. The number of carbonyl (C=O) groups is 1. The van der Waals surface area contributed by atoms with Crippen molar-refractivity contribution in [2.45, 2.75) is 25.0 Å². The second-order valence-corrected chi connectivity index (χ2v) is 8.26. The molecule has 3 aromatic heterocycles. The van der Waals surface area contributed by atoms with Crippen molar-refractivity contribution < 1.29 is 9.90 Å². The Hall–Kier alpha value is -4.05. The number of rotatable bonds is 4. The van der Waals surface area contributed by atoms with Crippen LogP contribution in [0.2, 0.25) is 0 Å². The van der Waals surface area contributed by atoms with Gasteiger partial charge in [0.1, 0.15) is 11.7 Å². The van der Waals surface area contributed by atoms with Crippen LogP contribution in [0.25, 0.3) is 16.7 Å². The van der Waals surface area contributed by atoms with E-state index in [1.807, 2.05) is 30.3 Å². The summed E-state index contributed by atoms with van der Waals surface area (Å²) in [7, 11) is 0. The molecule has 4 heterocycles. The van der Waals surface area contributed by atoms with Crippen molar-refractivity contribution in [1.82, 2.24) is 29.2 Å². The maximum atomic E-state index is 13.0. The van der Waals surface area contributed by atoms with Crippen LogP contribution < -0.4 is 11.1 Å². The molecule has 4 aromatic rings. The summed E-state index contributed by atoms with van der Waals surface area (Å²) in [6.07, 6.45) is 4.94. The third-order valence-electron chi connectivity index (χ3n) is 6.03. The van der Waals surface area contributed by atoms with Crippen molar-refractivity contribution >= 4 is 16.9 Å². The lowest BCUT2D eigenvalue weighted by atomic mass is 9.91. The fourth-order valence-corrected chi connectivity index (χ4v) is 4.15. The average molecular weight is 446 g/mol. The first-order valence-electron chi connectivity index (χ1n) is 10.6. The van der Waals surface area contributed by atoms with Crippen LogP contribution in [-0.2, 0) is 6.54 Å². The highest BCUT2D eigenvalue weighted by Gasteiger charge is 2.35. The van der Waals surface area contributed by atoms with Gasteiger partial charge >= 0.3 is 0 Å². The molecule has 10 nitrogen and oxygen atoms in total. The van der Waals surface area contributed by atoms with Crippen molar-refractivity contribution in [3.05, 3.63) is 87.5 Å². The molecule has 1 saturated heterocycles. The zero-order chi connectivity index (χ0) is 23.0. The van der Waals surface area contributed by atoms with Crippen LogP contribution in [0.4, 0.5) is 0 Å². The molecule has 1 aromatic carbocycles. The summed E-state index contributed by atoms with van der Waals surface area (Å²) >= 11 is 0. The Morgan fingerprint density at radius 3 is 2.55 bits per heavy atom. The zero-order valence-electron chi connectivity index (χ0n) is 17.7. The Balaban J connectivity index is 1.32. The van der Waals surface area contributed by atoms with Gasteiger partial charge in [-0.25, -0.2) is 9.67 Å². The third-order valence-corrected chi connectivity index (χ3v) is 6.03. The highest BCUT2D eigenvalue weighted by atomic mass is 16.3. The van der Waals surface area contributed by atoms with E-state index in [0.717, 1.165) is 5.69 Å². The molecule has 33 heavy (non-hydrogen) atoms. The SMILES string of the molecule is O=C(c1ccc(=O)[nH]c1)N1CCC(O)(Cn2cnc3c(cnn3-c3ccccc3)c2=O)CC1. The number of para-hydroxylation sites is 1. The molecule has 1 aliphatic rings. The lowest BCUT2D eigenvalue weighted by molar-refractivity contribution is -0.0299. The summed E-state index contributed by atoms with van der Waals surface area (Å²) in [5.41, 5.74) is -0.0456. The Kier molecular flexibility index (Phi) is 5.14. The number of aromatic amines is 1. The first-order valence-corrected chi connectivity index (χ1v) is 10.6. The van der Waals surface area contributed by atoms with E-state index in [0.29, 0.717) is 42.5 Å². The minimum atomic E-state index is -1.14. The van der Waals surface area contributed by atoms with E-state index < -0.39 is 5.60 Å². The molecule has 1 amide bonds. The summed E-state index contributed by atoms with van der Waals surface area (Å²) in [5.74, 6) is -0.207. The minimum Gasteiger partial charge on any atom is -0.388 e. The maximum Gasteiger partial charge on any atom is 0.264 e. The number of fused-ring (bicyclic) bond motifs is 1. The molecule has 168 valence electrons. The first kappa shape index (κ1) is 20.8. The van der Waals surface area contributed by atoms with Gasteiger partial charge in [0.25, 0.3) is 11.5 Å². The van der Waals surface area contributed by atoms with Gasteiger partial charge in [0.15, 0.2) is 5.65 Å². The fraction of sp³-hybridized carbons (Fsp3) is 0.261. The van der Waals surface area contributed by atoms with Gasteiger partial charge in [-0.3, -0.25) is 19.0 Å². The van der Waals surface area contributed by atoms with Gasteiger partial charge in [-0.05, 0) is 31.0 Å². The maximum absolute atomic E-state index is 13.0. The average Bonchev–Trinajstić information content (AvgIpc) is 3.27. The molecule has 10 heteroatoms. The van der Waals surface area contributed by atoms with Crippen LogP contribution in [0.1, 0.15) is 23.2 Å². The monoisotopic (exact) mass is 446 g/mol. The number of aliphatic hydroxyl groups is 1. The molecular weight excluding hydrogens is 424 g/mol. The number of hydrogen-bond donors (Lipinski definition) is 2. The highest BCUT2D eigenvalue weighted by molar-refractivity contribution is 5.93. The van der Waals surface area contributed by atoms with Crippen molar-refractivity contribution in [3.8, 4) is 5.69 Å². The van der Waals surface area contributed by atoms with Gasteiger partial charge in [-0.1, -0.05) is 18.2 Å². The number of piperidine rings is 1. The number of hydrogen-bond acceptors (Lipinski definition) is 6. The molecule has 5 rings (SSSR count). The van der Waals surface area contributed by atoms with Crippen molar-refractivity contribution in [3.63, 3.8) is 0 Å². The smallest absolute Gasteiger partial charge is 0.264 e. The molecule has 0 radical (unpaired) electrons. The van der Waals surface area contributed by atoms with Crippen molar-refractivity contribution in [2.24, 2.45) is 0 Å². The van der Waals surface area contributed by atoms with Crippen LogP contribution in [0, 0.1) is 0 Å². The molecule has 0 saturated carbocycles. The van der Waals surface area contributed by atoms with Crippen LogP contribution in [0.15, 0.2) is 70.8 Å². The number of carbonyl (C=O) groups excluding carboxylic acids is 1. The van der Waals surface area contributed by atoms with E-state index in [1.165, 1.54) is 35.4 Å². The van der Waals surface area contributed by atoms with E-state index >= 15 is 0 Å². The van der Waals surface area contributed by atoms with Gasteiger partial charge in [0.05, 0.1) is 29.6 Å². The van der Waals surface area contributed by atoms with Gasteiger partial charge in [-0.2, -0.15) is 5.10 Å². The number of H-pyrrole nitrogens is 1. The summed E-state index contributed by atoms with van der Waals surface area (Å²) in [5, 5.41) is 15.8. The molecule has 0 bridgehead atoms. The number of aromatic nitrogens is 5. The predicted molar refractivity (Wildman–Crippen MR) is 120 cm³/mol. The van der Waals surface area contributed by atoms with Gasteiger partial charge in [0.2, 0.25) is 5.56 Å². The fourth-order valence-electron chi connectivity index (χ4n) is 4.15. The number of nitrogens with zero attached hydrogens (tertiary/aromatic N) is 5. The Bertz CT molecular complexity index is 1410. The second-order valence-electron chi connectivity index (χ2n) is 8.26. The summed E-state index contributed by atoms with van der Waals surface area (Å²) in [4.78, 5) is 45.5.